The lowest BCUT2D eigenvalue weighted by molar-refractivity contribution is -0.116. The summed E-state index contributed by atoms with van der Waals surface area (Å²) in [5.41, 5.74) is 4.72. The summed E-state index contributed by atoms with van der Waals surface area (Å²) in [6.07, 6.45) is 1.77. The van der Waals surface area contributed by atoms with E-state index in [1.807, 2.05) is 43.5 Å². The topological polar surface area (TPSA) is 72.7 Å². The predicted octanol–water partition coefficient (Wildman–Crippen LogP) is 5.03. The van der Waals surface area contributed by atoms with Crippen molar-refractivity contribution in [2.45, 2.75) is 20.4 Å². The van der Waals surface area contributed by atoms with Crippen LogP contribution in [0.4, 0.5) is 5.13 Å². The van der Waals surface area contributed by atoms with E-state index < -0.39 is 0 Å². The lowest BCUT2D eigenvalue weighted by Crippen LogP contribution is -2.19. The minimum absolute atomic E-state index is 0.0835. The van der Waals surface area contributed by atoms with E-state index >= 15 is 0 Å². The number of benzene rings is 1. The monoisotopic (exact) mass is 419 g/mol. The second-order valence-corrected chi connectivity index (χ2v) is 8.79. The first-order valence-electron chi connectivity index (χ1n) is 9.11. The zero-order valence-electron chi connectivity index (χ0n) is 15.8. The third kappa shape index (κ3) is 3.30. The van der Waals surface area contributed by atoms with Crippen LogP contribution in [0.1, 0.15) is 11.3 Å². The Morgan fingerprint density at radius 3 is 2.93 bits per heavy atom. The van der Waals surface area contributed by atoms with Gasteiger partial charge in [-0.2, -0.15) is 5.10 Å². The molecule has 5 aromatic rings. The van der Waals surface area contributed by atoms with E-state index in [9.17, 15) is 4.79 Å². The van der Waals surface area contributed by atoms with Crippen LogP contribution in [0.15, 0.2) is 48.0 Å². The number of anilines is 1. The number of thiazole rings is 1. The minimum Gasteiger partial charge on any atom is -0.300 e. The van der Waals surface area contributed by atoms with Crippen LogP contribution < -0.4 is 5.32 Å². The highest BCUT2D eigenvalue weighted by molar-refractivity contribution is 7.22. The molecule has 0 fully saturated rings. The maximum absolute atomic E-state index is 12.7. The number of carbonyl (C=O) groups is 1. The molecule has 0 saturated heterocycles. The number of amides is 1. The Morgan fingerprint density at radius 1 is 1.21 bits per heavy atom. The van der Waals surface area contributed by atoms with Gasteiger partial charge in [0.15, 0.2) is 10.8 Å². The van der Waals surface area contributed by atoms with Gasteiger partial charge in [0.1, 0.15) is 6.54 Å². The molecule has 29 heavy (non-hydrogen) atoms. The normalized spacial score (nSPS) is 11.4. The average Bonchev–Trinajstić information content (AvgIpc) is 3.41. The molecule has 1 aromatic carbocycles. The van der Waals surface area contributed by atoms with E-state index in [1.165, 1.54) is 16.9 Å². The molecule has 8 heteroatoms. The average molecular weight is 420 g/mol. The predicted molar refractivity (Wildman–Crippen MR) is 119 cm³/mol. The smallest absolute Gasteiger partial charge is 0.247 e. The van der Waals surface area contributed by atoms with E-state index in [0.29, 0.717) is 10.8 Å². The molecule has 144 valence electrons. The summed E-state index contributed by atoms with van der Waals surface area (Å²) in [7, 11) is 0. The summed E-state index contributed by atoms with van der Waals surface area (Å²) < 4.78 is 2.72. The fraction of sp³-hybridized carbons (Fsp3) is 0.143. The van der Waals surface area contributed by atoms with Gasteiger partial charge in [-0.15, -0.1) is 11.3 Å². The molecule has 0 radical (unpaired) electrons. The van der Waals surface area contributed by atoms with Crippen molar-refractivity contribution in [1.29, 1.82) is 0 Å². The Morgan fingerprint density at radius 2 is 2.10 bits per heavy atom. The maximum Gasteiger partial charge on any atom is 0.247 e. The van der Waals surface area contributed by atoms with Gasteiger partial charge in [0.05, 0.1) is 21.3 Å². The van der Waals surface area contributed by atoms with Crippen LogP contribution in [0.5, 0.6) is 0 Å². The van der Waals surface area contributed by atoms with Crippen molar-refractivity contribution in [3.8, 4) is 10.4 Å². The fourth-order valence-corrected chi connectivity index (χ4v) is 5.15. The van der Waals surface area contributed by atoms with Crippen LogP contribution in [-0.2, 0) is 11.3 Å². The number of fused-ring (bicyclic) bond motifs is 2. The quantitative estimate of drug-likeness (QED) is 0.444. The number of pyridine rings is 1. The number of nitrogens with one attached hydrogen (secondary N) is 1. The molecule has 0 atom stereocenters. The molecule has 4 aromatic heterocycles. The molecule has 0 aliphatic carbocycles. The molecule has 5 rings (SSSR count). The Kier molecular flexibility index (Phi) is 4.37. The Hall–Kier alpha value is -3.10. The molecule has 1 N–H and O–H groups in total. The maximum atomic E-state index is 12.7. The summed E-state index contributed by atoms with van der Waals surface area (Å²) in [6, 6.07) is 12.2. The Balaban J connectivity index is 1.44. The minimum atomic E-state index is -0.173. The van der Waals surface area contributed by atoms with Gasteiger partial charge in [0, 0.05) is 16.6 Å². The molecule has 1 amide bonds. The van der Waals surface area contributed by atoms with Crippen molar-refractivity contribution < 1.29 is 4.79 Å². The second-order valence-electron chi connectivity index (χ2n) is 6.82. The van der Waals surface area contributed by atoms with Gasteiger partial charge in [-0.3, -0.25) is 4.79 Å². The molecule has 0 aliphatic heterocycles. The van der Waals surface area contributed by atoms with Crippen LogP contribution in [-0.4, -0.2) is 25.7 Å². The third-order valence-electron chi connectivity index (χ3n) is 4.68. The Bertz CT molecular complexity index is 1350. The van der Waals surface area contributed by atoms with Crippen molar-refractivity contribution >= 4 is 55.0 Å². The number of hydrogen-bond acceptors (Lipinski definition) is 6. The lowest BCUT2D eigenvalue weighted by Gasteiger charge is -2.04. The van der Waals surface area contributed by atoms with E-state index in [1.54, 1.807) is 22.2 Å². The van der Waals surface area contributed by atoms with Gasteiger partial charge in [0.25, 0.3) is 0 Å². The molecule has 0 aliphatic rings. The van der Waals surface area contributed by atoms with Gasteiger partial charge in [-0.05, 0) is 49.1 Å². The number of carbonyl (C=O) groups excluding carboxylic acids is 1. The highest BCUT2D eigenvalue weighted by Gasteiger charge is 2.17. The van der Waals surface area contributed by atoms with Crippen LogP contribution in [0.25, 0.3) is 31.7 Å². The highest BCUT2D eigenvalue weighted by Crippen LogP contribution is 2.32. The van der Waals surface area contributed by atoms with Crippen LogP contribution in [0.2, 0.25) is 0 Å². The highest BCUT2D eigenvalue weighted by atomic mass is 32.1. The SMILES string of the molecule is Cc1ccc2nc(NC(=O)Cn3nc(C)c4c(-c5cccs5)ccnc43)sc2c1. The first-order chi connectivity index (χ1) is 14.1. The zero-order valence-corrected chi connectivity index (χ0v) is 17.5. The summed E-state index contributed by atoms with van der Waals surface area (Å²) >= 11 is 3.15. The van der Waals surface area contributed by atoms with Gasteiger partial charge in [-0.25, -0.2) is 14.6 Å². The fourth-order valence-electron chi connectivity index (χ4n) is 3.41. The van der Waals surface area contributed by atoms with Gasteiger partial charge in [0.2, 0.25) is 5.91 Å². The summed E-state index contributed by atoms with van der Waals surface area (Å²) in [4.78, 5) is 22.8. The number of hydrogen-bond donors (Lipinski definition) is 1. The first-order valence-corrected chi connectivity index (χ1v) is 10.8. The first kappa shape index (κ1) is 18.0. The van der Waals surface area contributed by atoms with Crippen molar-refractivity contribution in [2.75, 3.05) is 5.32 Å². The third-order valence-corrected chi connectivity index (χ3v) is 6.52. The van der Waals surface area contributed by atoms with Crippen LogP contribution >= 0.6 is 22.7 Å². The van der Waals surface area contributed by atoms with Crippen molar-refractivity contribution in [3.63, 3.8) is 0 Å². The standard InChI is InChI=1S/C21H17N5OS2/c1-12-5-6-15-17(10-12)29-21(23-15)24-18(27)11-26-20-19(13(2)25-26)14(7-8-22-20)16-4-3-9-28-16/h3-10H,11H2,1-2H3,(H,23,24,27). The van der Waals surface area contributed by atoms with E-state index in [4.69, 9.17) is 0 Å². The number of aryl methyl sites for hydroxylation is 2. The van der Waals surface area contributed by atoms with E-state index in [2.05, 4.69) is 32.5 Å². The number of nitrogens with zero attached hydrogens (tertiary/aromatic N) is 4. The zero-order chi connectivity index (χ0) is 20.0. The van der Waals surface area contributed by atoms with E-state index in [0.717, 1.165) is 31.7 Å². The summed E-state index contributed by atoms with van der Waals surface area (Å²) in [6.45, 7) is 4.08. The van der Waals surface area contributed by atoms with Crippen molar-refractivity contribution in [3.05, 3.63) is 59.2 Å². The summed E-state index contributed by atoms with van der Waals surface area (Å²) in [5.74, 6) is -0.173. The number of rotatable bonds is 4. The number of aromatic nitrogens is 4. The molecular formula is C21H17N5OS2. The molecule has 0 unspecified atom stereocenters. The largest absolute Gasteiger partial charge is 0.300 e. The second kappa shape index (κ2) is 7.06. The Labute approximate surface area is 174 Å². The van der Waals surface area contributed by atoms with Crippen molar-refractivity contribution in [1.82, 2.24) is 19.7 Å². The van der Waals surface area contributed by atoms with Gasteiger partial charge >= 0.3 is 0 Å². The molecule has 4 heterocycles. The van der Waals surface area contributed by atoms with Crippen molar-refractivity contribution in [2.24, 2.45) is 0 Å². The van der Waals surface area contributed by atoms with Gasteiger partial charge < -0.3 is 5.32 Å². The lowest BCUT2D eigenvalue weighted by atomic mass is 10.1. The summed E-state index contributed by atoms with van der Waals surface area (Å²) in [5, 5.41) is 11.1. The van der Waals surface area contributed by atoms with E-state index in [-0.39, 0.29) is 12.5 Å². The molecule has 0 bridgehead atoms. The molecule has 6 nitrogen and oxygen atoms in total. The van der Waals surface area contributed by atoms with Crippen LogP contribution in [0.3, 0.4) is 0 Å². The molecule has 0 saturated carbocycles. The number of thiophene rings is 1. The van der Waals surface area contributed by atoms with Crippen LogP contribution in [0, 0.1) is 13.8 Å². The van der Waals surface area contributed by atoms with Gasteiger partial charge in [-0.1, -0.05) is 23.5 Å². The molecular weight excluding hydrogens is 402 g/mol. The molecule has 0 spiro atoms.